The molecular formula is C17H16FNO5. The molecule has 0 amide bonds. The van der Waals surface area contributed by atoms with Crippen LogP contribution in [0.2, 0.25) is 0 Å². The first-order valence-corrected chi connectivity index (χ1v) is 7.05. The van der Waals surface area contributed by atoms with Crippen molar-refractivity contribution in [3.63, 3.8) is 0 Å². The molecule has 0 radical (unpaired) electrons. The summed E-state index contributed by atoms with van der Waals surface area (Å²) in [5.74, 6) is -1.75. The molecule has 1 aromatic heterocycles. The summed E-state index contributed by atoms with van der Waals surface area (Å²) in [6.07, 6.45) is 1.32. The first kappa shape index (κ1) is 17.4. The summed E-state index contributed by atoms with van der Waals surface area (Å²) in [6.45, 7) is 1.09. The monoisotopic (exact) mass is 333 g/mol. The van der Waals surface area contributed by atoms with Crippen molar-refractivity contribution in [2.45, 2.75) is 13.5 Å². The molecule has 0 aliphatic rings. The lowest BCUT2D eigenvalue weighted by Gasteiger charge is -2.16. The molecule has 0 saturated heterocycles. The number of carbonyl (C=O) groups excluding carboxylic acids is 2. The molecule has 0 atom stereocenters. The van der Waals surface area contributed by atoms with Crippen molar-refractivity contribution in [3.8, 4) is 11.1 Å². The van der Waals surface area contributed by atoms with Gasteiger partial charge in [0.05, 0.1) is 18.4 Å². The van der Waals surface area contributed by atoms with Crippen LogP contribution in [-0.4, -0.2) is 23.6 Å². The molecule has 0 unspecified atom stereocenters. The van der Waals surface area contributed by atoms with E-state index in [0.29, 0.717) is 11.3 Å². The summed E-state index contributed by atoms with van der Waals surface area (Å²) < 4.78 is 24.3. The zero-order valence-electron chi connectivity index (χ0n) is 13.5. The summed E-state index contributed by atoms with van der Waals surface area (Å²) in [4.78, 5) is 35.6. The van der Waals surface area contributed by atoms with Gasteiger partial charge in [-0.25, -0.2) is 9.18 Å². The zero-order valence-corrected chi connectivity index (χ0v) is 13.5. The summed E-state index contributed by atoms with van der Waals surface area (Å²) in [5, 5.41) is 0. The minimum absolute atomic E-state index is 0.154. The molecule has 7 heteroatoms. The summed E-state index contributed by atoms with van der Waals surface area (Å²) in [5.41, 5.74) is 0.209. The quantitative estimate of drug-likeness (QED) is 0.801. The average Bonchev–Trinajstić information content (AvgIpc) is 2.55. The Bertz CT molecular complexity index is 839. The Morgan fingerprint density at radius 2 is 1.83 bits per heavy atom. The van der Waals surface area contributed by atoms with Crippen LogP contribution in [0.1, 0.15) is 23.0 Å². The molecule has 0 fully saturated rings. The minimum Gasteiger partial charge on any atom is -0.465 e. The maximum atomic E-state index is 13.2. The first-order chi connectivity index (χ1) is 11.3. The number of nitrogens with zero attached hydrogens (tertiary/aromatic N) is 1. The van der Waals surface area contributed by atoms with Crippen LogP contribution in [0, 0.1) is 5.82 Å². The molecular weight excluding hydrogens is 317 g/mol. The first-order valence-electron chi connectivity index (χ1n) is 7.05. The maximum absolute atomic E-state index is 13.2. The Morgan fingerprint density at radius 3 is 2.38 bits per heavy atom. The SMILES string of the molecule is COC(=O)c1cn(C)c(COC(C)=O)c(-c2ccc(F)cc2)c1=O. The zero-order chi connectivity index (χ0) is 17.9. The fraction of sp³-hybridized carbons (Fsp3) is 0.235. The number of aromatic nitrogens is 1. The van der Waals surface area contributed by atoms with E-state index in [4.69, 9.17) is 4.74 Å². The van der Waals surface area contributed by atoms with Crippen molar-refractivity contribution in [1.82, 2.24) is 4.57 Å². The van der Waals surface area contributed by atoms with Crippen molar-refractivity contribution >= 4 is 11.9 Å². The summed E-state index contributed by atoms with van der Waals surface area (Å²) in [7, 11) is 2.78. The van der Waals surface area contributed by atoms with E-state index in [9.17, 15) is 18.8 Å². The molecule has 1 aromatic carbocycles. The van der Waals surface area contributed by atoms with E-state index in [2.05, 4.69) is 4.74 Å². The Balaban J connectivity index is 2.72. The Morgan fingerprint density at radius 1 is 1.21 bits per heavy atom. The van der Waals surface area contributed by atoms with Gasteiger partial charge in [-0.3, -0.25) is 9.59 Å². The van der Waals surface area contributed by atoms with Crippen molar-refractivity contribution in [2.24, 2.45) is 7.05 Å². The highest BCUT2D eigenvalue weighted by atomic mass is 19.1. The molecule has 126 valence electrons. The van der Waals surface area contributed by atoms with Crippen molar-refractivity contribution in [1.29, 1.82) is 0 Å². The molecule has 24 heavy (non-hydrogen) atoms. The third kappa shape index (κ3) is 3.51. The lowest BCUT2D eigenvalue weighted by atomic mass is 10.0. The van der Waals surface area contributed by atoms with Gasteiger partial charge in [0, 0.05) is 20.2 Å². The number of esters is 2. The lowest BCUT2D eigenvalue weighted by molar-refractivity contribution is -0.142. The van der Waals surface area contributed by atoms with Gasteiger partial charge in [-0.05, 0) is 17.7 Å². The number of hydrogen-bond donors (Lipinski definition) is 0. The predicted molar refractivity (Wildman–Crippen MR) is 83.9 cm³/mol. The van der Waals surface area contributed by atoms with Gasteiger partial charge in [0.15, 0.2) is 0 Å². The lowest BCUT2D eigenvalue weighted by Crippen LogP contribution is -2.24. The van der Waals surface area contributed by atoms with Crippen LogP contribution in [0.5, 0.6) is 0 Å². The second-order valence-electron chi connectivity index (χ2n) is 5.08. The van der Waals surface area contributed by atoms with Crippen LogP contribution in [-0.2, 0) is 27.9 Å². The number of benzene rings is 1. The van der Waals surface area contributed by atoms with E-state index < -0.39 is 23.2 Å². The Hall–Kier alpha value is -2.96. The van der Waals surface area contributed by atoms with E-state index in [1.54, 1.807) is 7.05 Å². The van der Waals surface area contributed by atoms with Crippen LogP contribution >= 0.6 is 0 Å². The molecule has 0 spiro atoms. The van der Waals surface area contributed by atoms with Crippen molar-refractivity contribution < 1.29 is 23.5 Å². The highest BCUT2D eigenvalue weighted by Gasteiger charge is 2.21. The Labute approximate surface area is 137 Å². The summed E-state index contributed by atoms with van der Waals surface area (Å²) in [6, 6.07) is 5.25. The van der Waals surface area contributed by atoms with Gasteiger partial charge in [0.1, 0.15) is 18.0 Å². The largest absolute Gasteiger partial charge is 0.465 e. The van der Waals surface area contributed by atoms with E-state index in [1.807, 2.05) is 0 Å². The third-order valence-electron chi connectivity index (χ3n) is 3.46. The van der Waals surface area contributed by atoms with E-state index >= 15 is 0 Å². The number of hydrogen-bond acceptors (Lipinski definition) is 5. The fourth-order valence-electron chi connectivity index (χ4n) is 2.29. The molecule has 1 heterocycles. The number of ether oxygens (including phenoxy) is 2. The van der Waals surface area contributed by atoms with Crippen molar-refractivity contribution in [3.05, 3.63) is 57.8 Å². The fourth-order valence-corrected chi connectivity index (χ4v) is 2.29. The molecule has 0 bridgehead atoms. The standard InChI is InChI=1S/C17H16FNO5/c1-10(20)24-9-14-15(11-4-6-12(18)7-5-11)16(21)13(8-19(14)2)17(22)23-3/h4-8H,9H2,1-3H3. The Kier molecular flexibility index (Phi) is 5.13. The molecule has 0 aliphatic heterocycles. The van der Waals surface area contributed by atoms with E-state index in [1.165, 1.54) is 49.1 Å². The third-order valence-corrected chi connectivity index (χ3v) is 3.46. The smallest absolute Gasteiger partial charge is 0.343 e. The van der Waals surface area contributed by atoms with Gasteiger partial charge in [-0.15, -0.1) is 0 Å². The van der Waals surface area contributed by atoms with Gasteiger partial charge in [-0.1, -0.05) is 12.1 Å². The number of carbonyl (C=O) groups is 2. The van der Waals surface area contributed by atoms with Crippen LogP contribution in [0.15, 0.2) is 35.3 Å². The molecule has 0 aliphatic carbocycles. The molecule has 0 N–H and O–H groups in total. The van der Waals surface area contributed by atoms with E-state index in [0.717, 1.165) is 0 Å². The molecule has 0 saturated carbocycles. The van der Waals surface area contributed by atoms with Crippen LogP contribution < -0.4 is 5.43 Å². The van der Waals surface area contributed by atoms with E-state index in [-0.39, 0.29) is 17.7 Å². The van der Waals surface area contributed by atoms with Gasteiger partial charge < -0.3 is 14.0 Å². The number of halogens is 1. The topological polar surface area (TPSA) is 74.6 Å². The van der Waals surface area contributed by atoms with Gasteiger partial charge in [0.2, 0.25) is 5.43 Å². The molecule has 2 aromatic rings. The highest BCUT2D eigenvalue weighted by molar-refractivity contribution is 5.90. The number of aryl methyl sites for hydroxylation is 1. The number of pyridine rings is 1. The second kappa shape index (κ2) is 7.08. The summed E-state index contributed by atoms with van der Waals surface area (Å²) >= 11 is 0. The minimum atomic E-state index is -0.780. The highest BCUT2D eigenvalue weighted by Crippen LogP contribution is 2.22. The number of rotatable bonds is 4. The normalized spacial score (nSPS) is 10.3. The van der Waals surface area contributed by atoms with Crippen LogP contribution in [0.3, 0.4) is 0 Å². The average molecular weight is 333 g/mol. The van der Waals surface area contributed by atoms with Gasteiger partial charge in [-0.2, -0.15) is 0 Å². The molecule has 2 rings (SSSR count). The maximum Gasteiger partial charge on any atom is 0.343 e. The van der Waals surface area contributed by atoms with Crippen molar-refractivity contribution in [2.75, 3.05) is 7.11 Å². The number of methoxy groups -OCH3 is 1. The van der Waals surface area contributed by atoms with Crippen LogP contribution in [0.25, 0.3) is 11.1 Å². The van der Waals surface area contributed by atoms with Gasteiger partial charge in [0.25, 0.3) is 0 Å². The molecule has 6 nitrogen and oxygen atoms in total. The predicted octanol–water partition coefficient (Wildman–Crippen LogP) is 2.04. The van der Waals surface area contributed by atoms with Gasteiger partial charge >= 0.3 is 11.9 Å². The second-order valence-corrected chi connectivity index (χ2v) is 5.08. The van der Waals surface area contributed by atoms with Crippen LogP contribution in [0.4, 0.5) is 4.39 Å².